The van der Waals surface area contributed by atoms with Crippen LogP contribution in [0.1, 0.15) is 30.0 Å². The van der Waals surface area contributed by atoms with Gasteiger partial charge in [-0.15, -0.1) is 0 Å². The summed E-state index contributed by atoms with van der Waals surface area (Å²) in [5.41, 5.74) is 2.02. The fraction of sp³-hybridized carbons (Fsp3) is 0.278. The highest BCUT2D eigenvalue weighted by atomic mass is 19.1. The number of benzene rings is 1. The lowest BCUT2D eigenvalue weighted by Gasteiger charge is -2.32. The summed E-state index contributed by atoms with van der Waals surface area (Å²) in [6.45, 7) is 1.67. The molecular formula is C18H15FN4O. The molecule has 0 spiro atoms. The second-order valence-corrected chi connectivity index (χ2v) is 5.98. The Balaban J connectivity index is 1.52. The SMILES string of the molecule is N#Cc1ccnc(N2CCC(c3noc4cc(F)ccc34)CC2)c1. The van der Waals surface area contributed by atoms with E-state index < -0.39 is 0 Å². The maximum atomic E-state index is 13.3. The van der Waals surface area contributed by atoms with Crippen molar-refractivity contribution in [3.63, 3.8) is 0 Å². The summed E-state index contributed by atoms with van der Waals surface area (Å²) in [4.78, 5) is 6.54. The van der Waals surface area contributed by atoms with Gasteiger partial charge in [-0.2, -0.15) is 5.26 Å². The molecule has 0 radical (unpaired) electrons. The van der Waals surface area contributed by atoms with E-state index in [4.69, 9.17) is 9.78 Å². The molecule has 1 aliphatic heterocycles. The summed E-state index contributed by atoms with van der Waals surface area (Å²) in [5.74, 6) is 0.801. The van der Waals surface area contributed by atoms with Gasteiger partial charge in [-0.25, -0.2) is 9.37 Å². The topological polar surface area (TPSA) is 66.0 Å². The van der Waals surface area contributed by atoms with E-state index in [9.17, 15) is 4.39 Å². The van der Waals surface area contributed by atoms with Crippen molar-refractivity contribution in [1.29, 1.82) is 5.26 Å². The Bertz CT molecular complexity index is 922. The average Bonchev–Trinajstić information content (AvgIpc) is 3.05. The normalized spacial score (nSPS) is 15.6. The van der Waals surface area contributed by atoms with Crippen LogP contribution >= 0.6 is 0 Å². The molecule has 0 saturated carbocycles. The first-order valence-electron chi connectivity index (χ1n) is 7.90. The van der Waals surface area contributed by atoms with Crippen molar-refractivity contribution >= 4 is 16.8 Å². The number of rotatable bonds is 2. The summed E-state index contributed by atoms with van der Waals surface area (Å²) >= 11 is 0. The van der Waals surface area contributed by atoms with Crippen molar-refractivity contribution in [2.75, 3.05) is 18.0 Å². The lowest BCUT2D eigenvalue weighted by molar-refractivity contribution is 0.416. The van der Waals surface area contributed by atoms with E-state index in [0.717, 1.165) is 42.8 Å². The van der Waals surface area contributed by atoms with Crippen LogP contribution in [0, 0.1) is 17.1 Å². The van der Waals surface area contributed by atoms with Crippen molar-refractivity contribution < 1.29 is 8.91 Å². The number of aromatic nitrogens is 2. The van der Waals surface area contributed by atoms with Crippen LogP contribution in [0.5, 0.6) is 0 Å². The van der Waals surface area contributed by atoms with Gasteiger partial charge < -0.3 is 9.42 Å². The lowest BCUT2D eigenvalue weighted by Crippen LogP contribution is -2.33. The van der Waals surface area contributed by atoms with Gasteiger partial charge in [-0.1, -0.05) is 5.16 Å². The van der Waals surface area contributed by atoms with E-state index in [1.165, 1.54) is 12.1 Å². The monoisotopic (exact) mass is 322 g/mol. The molecule has 3 aromatic rings. The minimum absolute atomic E-state index is 0.284. The molecule has 24 heavy (non-hydrogen) atoms. The third-order valence-electron chi connectivity index (χ3n) is 4.54. The number of piperidine rings is 1. The van der Waals surface area contributed by atoms with E-state index in [1.807, 2.05) is 6.07 Å². The van der Waals surface area contributed by atoms with Gasteiger partial charge in [0.05, 0.1) is 17.3 Å². The number of hydrogen-bond donors (Lipinski definition) is 0. The molecule has 0 unspecified atom stereocenters. The maximum absolute atomic E-state index is 13.3. The zero-order valence-corrected chi connectivity index (χ0v) is 12.9. The van der Waals surface area contributed by atoms with Crippen LogP contribution in [0.4, 0.5) is 10.2 Å². The molecule has 1 aliphatic rings. The van der Waals surface area contributed by atoms with Crippen molar-refractivity contribution in [1.82, 2.24) is 10.1 Å². The van der Waals surface area contributed by atoms with Crippen LogP contribution in [0.25, 0.3) is 11.0 Å². The fourth-order valence-electron chi connectivity index (χ4n) is 3.27. The number of nitrogens with zero attached hydrogens (tertiary/aromatic N) is 4. The van der Waals surface area contributed by atoms with Crippen LogP contribution in [-0.2, 0) is 0 Å². The third-order valence-corrected chi connectivity index (χ3v) is 4.54. The molecule has 1 aromatic carbocycles. The average molecular weight is 322 g/mol. The van der Waals surface area contributed by atoms with Gasteiger partial charge in [0.15, 0.2) is 5.58 Å². The van der Waals surface area contributed by atoms with Crippen LogP contribution in [0.2, 0.25) is 0 Å². The number of hydrogen-bond acceptors (Lipinski definition) is 5. The maximum Gasteiger partial charge on any atom is 0.170 e. The van der Waals surface area contributed by atoms with E-state index >= 15 is 0 Å². The quantitative estimate of drug-likeness (QED) is 0.721. The van der Waals surface area contributed by atoms with Crippen LogP contribution in [0.15, 0.2) is 41.1 Å². The predicted octanol–water partition coefficient (Wildman–Crippen LogP) is 3.62. The standard InChI is InChI=1S/C18H15FN4O/c19-14-1-2-15-16(10-14)24-22-18(15)13-4-7-23(8-5-13)17-9-12(11-20)3-6-21-17/h1-3,6,9-10,13H,4-5,7-8H2. The molecule has 1 saturated heterocycles. The van der Waals surface area contributed by atoms with Crippen LogP contribution < -0.4 is 4.90 Å². The first-order valence-corrected chi connectivity index (χ1v) is 7.90. The highest BCUT2D eigenvalue weighted by Gasteiger charge is 2.25. The Morgan fingerprint density at radius 3 is 2.83 bits per heavy atom. The molecule has 0 amide bonds. The molecule has 1 fully saturated rings. The number of anilines is 1. The zero-order chi connectivity index (χ0) is 16.5. The highest BCUT2D eigenvalue weighted by molar-refractivity contribution is 5.80. The Hall–Kier alpha value is -2.94. The Morgan fingerprint density at radius 1 is 1.21 bits per heavy atom. The Morgan fingerprint density at radius 2 is 2.04 bits per heavy atom. The number of pyridine rings is 1. The van der Waals surface area contributed by atoms with Crippen molar-refractivity contribution in [2.24, 2.45) is 0 Å². The summed E-state index contributed by atoms with van der Waals surface area (Å²) < 4.78 is 18.5. The number of fused-ring (bicyclic) bond motifs is 1. The second-order valence-electron chi connectivity index (χ2n) is 5.98. The molecule has 120 valence electrons. The van der Waals surface area contributed by atoms with Gasteiger partial charge in [0.1, 0.15) is 11.6 Å². The highest BCUT2D eigenvalue weighted by Crippen LogP contribution is 2.33. The summed E-state index contributed by atoms with van der Waals surface area (Å²) in [6.07, 6.45) is 3.49. The van der Waals surface area contributed by atoms with E-state index in [0.29, 0.717) is 11.1 Å². The molecule has 2 aromatic heterocycles. The van der Waals surface area contributed by atoms with E-state index in [-0.39, 0.29) is 11.7 Å². The fourth-order valence-corrected chi connectivity index (χ4v) is 3.27. The summed E-state index contributed by atoms with van der Waals surface area (Å²) in [6, 6.07) is 10.2. The minimum Gasteiger partial charge on any atom is -0.357 e. The number of nitriles is 1. The van der Waals surface area contributed by atoms with Gasteiger partial charge in [0.2, 0.25) is 0 Å². The predicted molar refractivity (Wildman–Crippen MR) is 87.1 cm³/mol. The smallest absolute Gasteiger partial charge is 0.170 e. The molecule has 3 heterocycles. The summed E-state index contributed by atoms with van der Waals surface area (Å²) in [5, 5.41) is 14.1. The van der Waals surface area contributed by atoms with E-state index in [1.54, 1.807) is 18.3 Å². The molecule has 0 N–H and O–H groups in total. The van der Waals surface area contributed by atoms with Gasteiger partial charge in [-0.05, 0) is 37.1 Å². The second kappa shape index (κ2) is 5.93. The molecular weight excluding hydrogens is 307 g/mol. The summed E-state index contributed by atoms with van der Waals surface area (Å²) in [7, 11) is 0. The largest absolute Gasteiger partial charge is 0.357 e. The molecule has 6 heteroatoms. The molecule has 0 atom stereocenters. The van der Waals surface area contributed by atoms with Crippen molar-refractivity contribution in [2.45, 2.75) is 18.8 Å². The van der Waals surface area contributed by atoms with Crippen LogP contribution in [-0.4, -0.2) is 23.2 Å². The van der Waals surface area contributed by atoms with Crippen molar-refractivity contribution in [3.8, 4) is 6.07 Å². The van der Waals surface area contributed by atoms with Crippen molar-refractivity contribution in [3.05, 3.63) is 53.6 Å². The lowest BCUT2D eigenvalue weighted by atomic mass is 9.91. The molecule has 4 rings (SSSR count). The molecule has 5 nitrogen and oxygen atoms in total. The Kier molecular flexibility index (Phi) is 3.62. The molecule has 0 bridgehead atoms. The Labute approximate surface area is 138 Å². The van der Waals surface area contributed by atoms with Crippen LogP contribution in [0.3, 0.4) is 0 Å². The van der Waals surface area contributed by atoms with Gasteiger partial charge in [-0.3, -0.25) is 0 Å². The molecule has 0 aliphatic carbocycles. The van der Waals surface area contributed by atoms with E-state index in [2.05, 4.69) is 21.1 Å². The third kappa shape index (κ3) is 2.58. The zero-order valence-electron chi connectivity index (χ0n) is 12.9. The first-order chi connectivity index (χ1) is 11.7. The van der Waals surface area contributed by atoms with Gasteiger partial charge >= 0.3 is 0 Å². The van der Waals surface area contributed by atoms with Gasteiger partial charge in [0, 0.05) is 36.7 Å². The van der Waals surface area contributed by atoms with Gasteiger partial charge in [0.25, 0.3) is 0 Å². The minimum atomic E-state index is -0.316. The number of halogens is 1. The first kappa shape index (κ1) is 14.6.